The van der Waals surface area contributed by atoms with Crippen molar-refractivity contribution in [1.29, 1.82) is 0 Å². The average Bonchev–Trinajstić information content (AvgIpc) is 3.04. The van der Waals surface area contributed by atoms with Crippen LogP contribution in [0.25, 0.3) is 0 Å². The molecule has 0 aliphatic rings. The minimum atomic E-state index is -1.05. The van der Waals surface area contributed by atoms with Gasteiger partial charge in [-0.2, -0.15) is 10.2 Å². The van der Waals surface area contributed by atoms with E-state index in [4.69, 9.17) is 5.11 Å². The number of hydrogen-bond acceptors (Lipinski definition) is 4. The molecule has 0 aliphatic heterocycles. The summed E-state index contributed by atoms with van der Waals surface area (Å²) in [5, 5.41) is 19.9. The van der Waals surface area contributed by atoms with E-state index >= 15 is 0 Å². The summed E-state index contributed by atoms with van der Waals surface area (Å²) in [5.74, 6) is -1.42. The number of rotatable bonds is 6. The third-order valence-electron chi connectivity index (χ3n) is 3.36. The Kier molecular flexibility index (Phi) is 4.59. The molecule has 0 fully saturated rings. The van der Waals surface area contributed by atoms with Crippen LogP contribution in [0.2, 0.25) is 0 Å². The van der Waals surface area contributed by atoms with E-state index in [1.807, 2.05) is 31.6 Å². The predicted octanol–water partition coefficient (Wildman–Crippen LogP) is 0.984. The number of carboxylic acid groups (broad SMARTS) is 1. The summed E-state index contributed by atoms with van der Waals surface area (Å²) in [5.41, 5.74) is 2.00. The maximum absolute atomic E-state index is 12.3. The lowest BCUT2D eigenvalue weighted by atomic mass is 10.1. The van der Waals surface area contributed by atoms with Crippen LogP contribution in [0.1, 0.15) is 41.6 Å². The molecule has 0 saturated heterocycles. The number of aryl methyl sites for hydroxylation is 2. The Morgan fingerprint density at radius 2 is 2.18 bits per heavy atom. The highest BCUT2D eigenvalue weighted by atomic mass is 16.4. The second kappa shape index (κ2) is 6.42. The van der Waals surface area contributed by atoms with Gasteiger partial charge in [-0.1, -0.05) is 0 Å². The summed E-state index contributed by atoms with van der Waals surface area (Å²) in [4.78, 5) is 23.0. The van der Waals surface area contributed by atoms with E-state index in [1.165, 1.54) is 12.3 Å². The summed E-state index contributed by atoms with van der Waals surface area (Å²) >= 11 is 0. The minimum Gasteiger partial charge on any atom is -0.480 e. The zero-order valence-corrected chi connectivity index (χ0v) is 12.8. The summed E-state index contributed by atoms with van der Waals surface area (Å²) < 4.78 is 2.97. The molecule has 1 amide bonds. The molecule has 0 aromatic carbocycles. The van der Waals surface area contributed by atoms with Crippen molar-refractivity contribution in [3.63, 3.8) is 0 Å². The van der Waals surface area contributed by atoms with E-state index in [-0.39, 0.29) is 24.2 Å². The average molecular weight is 305 g/mol. The van der Waals surface area contributed by atoms with Gasteiger partial charge in [0, 0.05) is 24.5 Å². The van der Waals surface area contributed by atoms with Crippen molar-refractivity contribution in [2.24, 2.45) is 0 Å². The quantitative estimate of drug-likeness (QED) is 0.828. The van der Waals surface area contributed by atoms with E-state index < -0.39 is 5.97 Å². The summed E-state index contributed by atoms with van der Waals surface area (Å²) in [7, 11) is 0. The van der Waals surface area contributed by atoms with Crippen LogP contribution in [0.5, 0.6) is 0 Å². The molecule has 1 unspecified atom stereocenters. The smallest absolute Gasteiger partial charge is 0.325 e. The number of aliphatic carboxylic acids is 1. The molecule has 0 saturated carbocycles. The number of carboxylic acids is 1. The van der Waals surface area contributed by atoms with Crippen LogP contribution in [-0.4, -0.2) is 36.5 Å². The lowest BCUT2D eigenvalue weighted by Gasteiger charge is -2.13. The van der Waals surface area contributed by atoms with Crippen molar-refractivity contribution in [3.05, 3.63) is 35.4 Å². The predicted molar refractivity (Wildman–Crippen MR) is 78.4 cm³/mol. The van der Waals surface area contributed by atoms with Gasteiger partial charge in [0.05, 0.1) is 11.7 Å². The maximum Gasteiger partial charge on any atom is 0.325 e. The minimum absolute atomic E-state index is 0.217. The lowest BCUT2D eigenvalue weighted by Crippen LogP contribution is -2.29. The van der Waals surface area contributed by atoms with Gasteiger partial charge in [0.25, 0.3) is 5.91 Å². The molecule has 2 N–H and O–H groups in total. The van der Waals surface area contributed by atoms with Crippen molar-refractivity contribution in [2.75, 3.05) is 0 Å². The summed E-state index contributed by atoms with van der Waals surface area (Å²) in [6, 6.07) is 1.26. The van der Waals surface area contributed by atoms with E-state index in [2.05, 4.69) is 15.5 Å². The monoisotopic (exact) mass is 305 g/mol. The van der Waals surface area contributed by atoms with Crippen LogP contribution < -0.4 is 5.32 Å². The van der Waals surface area contributed by atoms with Gasteiger partial charge < -0.3 is 10.4 Å². The highest BCUT2D eigenvalue weighted by molar-refractivity contribution is 5.93. The Balaban J connectivity index is 2.12. The fourth-order valence-electron chi connectivity index (χ4n) is 2.25. The van der Waals surface area contributed by atoms with Crippen LogP contribution in [0, 0.1) is 6.92 Å². The molecule has 2 aromatic heterocycles. The van der Waals surface area contributed by atoms with Gasteiger partial charge in [-0.3, -0.25) is 14.3 Å². The number of nitrogens with zero attached hydrogens (tertiary/aromatic N) is 4. The van der Waals surface area contributed by atoms with Gasteiger partial charge in [-0.05, 0) is 26.8 Å². The zero-order chi connectivity index (χ0) is 16.3. The molecule has 1 atom stereocenters. The van der Waals surface area contributed by atoms with Crippen LogP contribution >= 0.6 is 0 Å². The van der Waals surface area contributed by atoms with Gasteiger partial charge in [-0.15, -0.1) is 0 Å². The molecule has 22 heavy (non-hydrogen) atoms. The van der Waals surface area contributed by atoms with Crippen molar-refractivity contribution in [2.45, 2.75) is 39.9 Å². The molecule has 8 heteroatoms. The molecule has 118 valence electrons. The van der Waals surface area contributed by atoms with Crippen LogP contribution in [0.3, 0.4) is 0 Å². The Hall–Kier alpha value is -2.64. The SMILES string of the molecule is CCn1cc(C(C)NC(=O)c2ccnn2CC(=O)O)c(C)n1. The number of nitrogens with one attached hydrogen (secondary N) is 1. The van der Waals surface area contributed by atoms with Gasteiger partial charge in [0.1, 0.15) is 12.2 Å². The molecule has 2 rings (SSSR count). The topological polar surface area (TPSA) is 102 Å². The molecule has 0 spiro atoms. The number of carbonyl (C=O) groups excluding carboxylic acids is 1. The molecular formula is C14H19N5O3. The van der Waals surface area contributed by atoms with Crippen molar-refractivity contribution in [1.82, 2.24) is 24.9 Å². The first-order valence-corrected chi connectivity index (χ1v) is 7.00. The second-order valence-electron chi connectivity index (χ2n) is 4.99. The molecule has 2 heterocycles. The molecule has 8 nitrogen and oxygen atoms in total. The van der Waals surface area contributed by atoms with E-state index in [9.17, 15) is 9.59 Å². The van der Waals surface area contributed by atoms with Gasteiger partial charge in [0.2, 0.25) is 0 Å². The molecule has 2 aromatic rings. The van der Waals surface area contributed by atoms with E-state index in [0.717, 1.165) is 22.5 Å². The fraction of sp³-hybridized carbons (Fsp3) is 0.429. The fourth-order valence-corrected chi connectivity index (χ4v) is 2.25. The van der Waals surface area contributed by atoms with Crippen molar-refractivity contribution >= 4 is 11.9 Å². The van der Waals surface area contributed by atoms with E-state index in [1.54, 1.807) is 0 Å². The molecular weight excluding hydrogens is 286 g/mol. The number of carbonyl (C=O) groups is 2. The third kappa shape index (κ3) is 3.33. The third-order valence-corrected chi connectivity index (χ3v) is 3.36. The van der Waals surface area contributed by atoms with Crippen molar-refractivity contribution < 1.29 is 14.7 Å². The van der Waals surface area contributed by atoms with Gasteiger partial charge in [-0.25, -0.2) is 4.68 Å². The summed E-state index contributed by atoms with van der Waals surface area (Å²) in [6.45, 7) is 6.15. The Morgan fingerprint density at radius 3 is 2.77 bits per heavy atom. The second-order valence-corrected chi connectivity index (χ2v) is 4.99. The first-order chi connectivity index (χ1) is 10.4. The normalized spacial score (nSPS) is 12.1. The van der Waals surface area contributed by atoms with Gasteiger partial charge in [0.15, 0.2) is 0 Å². The Morgan fingerprint density at radius 1 is 1.45 bits per heavy atom. The highest BCUT2D eigenvalue weighted by Crippen LogP contribution is 2.16. The van der Waals surface area contributed by atoms with Crippen LogP contribution in [0.15, 0.2) is 18.5 Å². The largest absolute Gasteiger partial charge is 0.480 e. The maximum atomic E-state index is 12.3. The number of hydrogen-bond donors (Lipinski definition) is 2. The van der Waals surface area contributed by atoms with Crippen LogP contribution in [0.4, 0.5) is 0 Å². The van der Waals surface area contributed by atoms with Gasteiger partial charge >= 0.3 is 5.97 Å². The first kappa shape index (κ1) is 15.7. The van der Waals surface area contributed by atoms with Crippen molar-refractivity contribution in [3.8, 4) is 0 Å². The standard InChI is InChI=1S/C14H19N5O3/c1-4-18-7-11(10(3)17-18)9(2)16-14(22)12-5-6-15-19(12)8-13(20)21/h5-7,9H,4,8H2,1-3H3,(H,16,22)(H,20,21). The summed E-state index contributed by atoms with van der Waals surface area (Å²) in [6.07, 6.45) is 3.30. The first-order valence-electron chi connectivity index (χ1n) is 7.00. The number of amides is 1. The van der Waals surface area contributed by atoms with Crippen LogP contribution in [-0.2, 0) is 17.9 Å². The Bertz CT molecular complexity index is 688. The molecule has 0 aliphatic carbocycles. The Labute approximate surface area is 127 Å². The highest BCUT2D eigenvalue weighted by Gasteiger charge is 2.19. The molecule has 0 bridgehead atoms. The number of aromatic nitrogens is 4. The zero-order valence-electron chi connectivity index (χ0n) is 12.8. The molecule has 0 radical (unpaired) electrons. The lowest BCUT2D eigenvalue weighted by molar-refractivity contribution is -0.137. The van der Waals surface area contributed by atoms with E-state index in [0.29, 0.717) is 0 Å².